The lowest BCUT2D eigenvalue weighted by Crippen LogP contribution is -2.15. The molecule has 0 saturated carbocycles. The number of tetrazole rings is 1. The van der Waals surface area contributed by atoms with Gasteiger partial charge >= 0.3 is 0 Å². The molecule has 2 heterocycles. The number of benzene rings is 2. The molecule has 8 heteroatoms. The lowest BCUT2D eigenvalue weighted by atomic mass is 10.1. The van der Waals surface area contributed by atoms with Gasteiger partial charge < -0.3 is 5.32 Å². The average molecular weight is 373 g/mol. The Morgan fingerprint density at radius 3 is 2.54 bits per heavy atom. The fraction of sp³-hybridized carbons (Fsp3) is 0.150. The van der Waals surface area contributed by atoms with Gasteiger partial charge in [0.05, 0.1) is 0 Å². The van der Waals surface area contributed by atoms with Crippen LogP contribution in [-0.4, -0.2) is 35.9 Å². The van der Waals surface area contributed by atoms with Crippen LogP contribution in [0.25, 0.3) is 11.4 Å². The predicted molar refractivity (Wildman–Crippen MR) is 105 cm³/mol. The van der Waals surface area contributed by atoms with E-state index in [0.29, 0.717) is 11.5 Å². The van der Waals surface area contributed by atoms with E-state index in [2.05, 4.69) is 32.7 Å². The third-order valence-corrected chi connectivity index (χ3v) is 4.25. The van der Waals surface area contributed by atoms with Gasteiger partial charge in [0.1, 0.15) is 0 Å². The second kappa shape index (κ2) is 7.83. The molecule has 0 atom stereocenters. The van der Waals surface area contributed by atoms with Gasteiger partial charge in [-0.15, -0.1) is 15.0 Å². The molecule has 0 radical (unpaired) electrons. The van der Waals surface area contributed by atoms with Crippen molar-refractivity contribution in [3.8, 4) is 11.4 Å². The normalized spacial score (nSPS) is 10.8. The Morgan fingerprint density at radius 2 is 1.79 bits per heavy atom. The Bertz CT molecular complexity index is 1070. The number of carbonyl (C=O) groups excluding carboxylic acids is 1. The van der Waals surface area contributed by atoms with Gasteiger partial charge in [-0.25, -0.2) is 4.68 Å². The van der Waals surface area contributed by atoms with E-state index in [1.165, 1.54) is 10.4 Å². The Hall–Kier alpha value is -3.81. The van der Waals surface area contributed by atoms with Crippen molar-refractivity contribution >= 4 is 11.6 Å². The Balaban J connectivity index is 1.41. The maximum Gasteiger partial charge on any atom is 0.276 e. The summed E-state index contributed by atoms with van der Waals surface area (Å²) in [6.45, 7) is 2.35. The number of amides is 1. The van der Waals surface area contributed by atoms with Crippen molar-refractivity contribution in [2.75, 3.05) is 5.32 Å². The smallest absolute Gasteiger partial charge is 0.276 e. The standard InChI is InChI=1S/C20H19N7O/c1-2-15-8-10-17(11-9-15)21-20(28)18-12-13-26(23-18)14-27-24-19(22-25-27)16-6-4-3-5-7-16/h3-13H,2,14H2,1H3,(H,21,28). The van der Waals surface area contributed by atoms with Crippen LogP contribution in [0.3, 0.4) is 0 Å². The highest BCUT2D eigenvalue weighted by atomic mass is 16.2. The first kappa shape index (κ1) is 17.6. The molecule has 2 aromatic carbocycles. The number of hydrogen-bond donors (Lipinski definition) is 1. The zero-order valence-corrected chi connectivity index (χ0v) is 15.4. The van der Waals surface area contributed by atoms with Crippen LogP contribution in [0.4, 0.5) is 5.69 Å². The first-order valence-corrected chi connectivity index (χ1v) is 8.98. The summed E-state index contributed by atoms with van der Waals surface area (Å²) in [7, 11) is 0. The molecule has 0 aliphatic heterocycles. The summed E-state index contributed by atoms with van der Waals surface area (Å²) in [5, 5.41) is 19.6. The third-order valence-electron chi connectivity index (χ3n) is 4.25. The highest BCUT2D eigenvalue weighted by Gasteiger charge is 2.11. The molecule has 1 amide bonds. The van der Waals surface area contributed by atoms with Crippen molar-refractivity contribution in [1.82, 2.24) is 30.0 Å². The van der Waals surface area contributed by atoms with Gasteiger partial charge in [0, 0.05) is 17.4 Å². The van der Waals surface area contributed by atoms with Gasteiger partial charge in [-0.05, 0) is 35.4 Å². The molecule has 4 aromatic rings. The van der Waals surface area contributed by atoms with E-state index in [0.717, 1.165) is 17.7 Å². The van der Waals surface area contributed by atoms with E-state index < -0.39 is 0 Å². The minimum absolute atomic E-state index is 0.262. The molecule has 0 fully saturated rings. The highest BCUT2D eigenvalue weighted by molar-refractivity contribution is 6.02. The molecule has 2 aromatic heterocycles. The fourth-order valence-electron chi connectivity index (χ4n) is 2.72. The van der Waals surface area contributed by atoms with Crippen molar-refractivity contribution in [2.45, 2.75) is 20.0 Å². The van der Waals surface area contributed by atoms with Gasteiger partial charge in [-0.2, -0.15) is 5.10 Å². The minimum Gasteiger partial charge on any atom is -0.321 e. The van der Waals surface area contributed by atoms with Crippen LogP contribution in [-0.2, 0) is 13.1 Å². The van der Waals surface area contributed by atoms with Crippen molar-refractivity contribution < 1.29 is 4.79 Å². The molecule has 1 N–H and O–H groups in total. The summed E-state index contributed by atoms with van der Waals surface area (Å²) < 4.78 is 1.59. The number of anilines is 1. The van der Waals surface area contributed by atoms with Gasteiger partial charge in [-0.1, -0.05) is 49.4 Å². The Morgan fingerprint density at radius 1 is 1.00 bits per heavy atom. The van der Waals surface area contributed by atoms with Crippen LogP contribution in [0, 0.1) is 0 Å². The topological polar surface area (TPSA) is 90.5 Å². The maximum atomic E-state index is 12.4. The van der Waals surface area contributed by atoms with Crippen LogP contribution >= 0.6 is 0 Å². The van der Waals surface area contributed by atoms with Gasteiger partial charge in [0.2, 0.25) is 5.82 Å². The van der Waals surface area contributed by atoms with Gasteiger partial charge in [-0.3, -0.25) is 4.79 Å². The Labute approximate surface area is 161 Å². The van der Waals surface area contributed by atoms with Crippen molar-refractivity contribution in [1.29, 1.82) is 0 Å². The second-order valence-electron chi connectivity index (χ2n) is 6.24. The average Bonchev–Trinajstić information content (AvgIpc) is 3.39. The first-order valence-electron chi connectivity index (χ1n) is 8.98. The van der Waals surface area contributed by atoms with Crippen molar-refractivity contribution in [3.63, 3.8) is 0 Å². The lowest BCUT2D eigenvalue weighted by molar-refractivity contribution is 0.102. The molecule has 28 heavy (non-hydrogen) atoms. The third kappa shape index (κ3) is 3.96. The van der Waals surface area contributed by atoms with E-state index >= 15 is 0 Å². The molecule has 0 bridgehead atoms. The number of nitrogens with one attached hydrogen (secondary N) is 1. The van der Waals surface area contributed by atoms with Crippen LogP contribution in [0.15, 0.2) is 66.9 Å². The second-order valence-corrected chi connectivity index (χ2v) is 6.24. The van der Waals surface area contributed by atoms with E-state index in [-0.39, 0.29) is 12.6 Å². The SMILES string of the molecule is CCc1ccc(NC(=O)c2ccn(Cn3nnc(-c4ccccc4)n3)n2)cc1. The molecule has 140 valence electrons. The summed E-state index contributed by atoms with van der Waals surface area (Å²) in [6, 6.07) is 19.0. The quantitative estimate of drug-likeness (QED) is 0.561. The maximum absolute atomic E-state index is 12.4. The van der Waals surface area contributed by atoms with Gasteiger partial charge in [0.25, 0.3) is 5.91 Å². The number of aromatic nitrogens is 6. The summed E-state index contributed by atoms with van der Waals surface area (Å²) in [6.07, 6.45) is 2.67. The van der Waals surface area contributed by atoms with Crippen LogP contribution in [0.1, 0.15) is 23.0 Å². The number of carbonyl (C=O) groups is 1. The summed E-state index contributed by atoms with van der Waals surface area (Å²) >= 11 is 0. The van der Waals surface area contributed by atoms with Crippen LogP contribution in [0.2, 0.25) is 0 Å². The molecule has 0 aliphatic carbocycles. The van der Waals surface area contributed by atoms with E-state index in [4.69, 9.17) is 0 Å². The molecular weight excluding hydrogens is 354 g/mol. The fourth-order valence-corrected chi connectivity index (χ4v) is 2.72. The first-order chi connectivity index (χ1) is 13.7. The molecule has 4 rings (SSSR count). The molecule has 0 aliphatic rings. The largest absolute Gasteiger partial charge is 0.321 e. The van der Waals surface area contributed by atoms with E-state index in [9.17, 15) is 4.79 Å². The summed E-state index contributed by atoms with van der Waals surface area (Å²) in [4.78, 5) is 13.8. The molecule has 0 spiro atoms. The zero-order valence-electron chi connectivity index (χ0n) is 15.4. The van der Waals surface area contributed by atoms with Crippen molar-refractivity contribution in [2.24, 2.45) is 0 Å². The predicted octanol–water partition coefficient (Wildman–Crippen LogP) is 2.86. The highest BCUT2D eigenvalue weighted by Crippen LogP contribution is 2.13. The number of nitrogens with zero attached hydrogens (tertiary/aromatic N) is 6. The minimum atomic E-state index is -0.264. The lowest BCUT2D eigenvalue weighted by Gasteiger charge is -2.04. The Kier molecular flexibility index (Phi) is 4.92. The summed E-state index contributed by atoms with van der Waals surface area (Å²) in [5.41, 5.74) is 3.17. The summed E-state index contributed by atoms with van der Waals surface area (Å²) in [5.74, 6) is 0.278. The van der Waals surface area contributed by atoms with Crippen LogP contribution in [0.5, 0.6) is 0 Å². The van der Waals surface area contributed by atoms with E-state index in [1.54, 1.807) is 16.9 Å². The number of aryl methyl sites for hydroxylation is 1. The van der Waals surface area contributed by atoms with Crippen LogP contribution < -0.4 is 5.32 Å². The van der Waals surface area contributed by atoms with Gasteiger partial charge in [0.15, 0.2) is 12.4 Å². The number of hydrogen-bond acceptors (Lipinski definition) is 5. The molecule has 8 nitrogen and oxygen atoms in total. The number of rotatable bonds is 6. The molecule has 0 saturated heterocycles. The molecular formula is C20H19N7O. The molecule has 0 unspecified atom stereocenters. The zero-order chi connectivity index (χ0) is 19.3. The van der Waals surface area contributed by atoms with Crippen molar-refractivity contribution in [3.05, 3.63) is 78.1 Å². The van der Waals surface area contributed by atoms with E-state index in [1.807, 2.05) is 54.6 Å². The monoisotopic (exact) mass is 373 g/mol.